The first-order chi connectivity index (χ1) is 18.9. The number of Topliss-reactive ketones (excluding diaryl/α,β-unsaturated/α-hetero) is 1. The molecule has 2 heterocycles. The largest absolute Gasteiger partial charge is 0.351 e. The van der Waals surface area contributed by atoms with Crippen LogP contribution in [0.5, 0.6) is 0 Å². The second-order valence-electron chi connectivity index (χ2n) is 10.3. The molecule has 0 bridgehead atoms. The van der Waals surface area contributed by atoms with Gasteiger partial charge >= 0.3 is 0 Å². The fourth-order valence-electron chi connectivity index (χ4n) is 4.67. The Balaban J connectivity index is 1.50. The van der Waals surface area contributed by atoms with Crippen molar-refractivity contribution in [2.24, 2.45) is 0 Å². The Morgan fingerprint density at radius 2 is 1.88 bits per heavy atom. The van der Waals surface area contributed by atoms with Crippen molar-refractivity contribution in [2.75, 3.05) is 19.4 Å². The second kappa shape index (κ2) is 11.9. The molecule has 2 aromatic carbocycles. The molecule has 0 saturated carbocycles. The molecule has 0 spiro atoms. The van der Waals surface area contributed by atoms with E-state index in [0.29, 0.717) is 46.8 Å². The van der Waals surface area contributed by atoms with Gasteiger partial charge in [0, 0.05) is 55.0 Å². The number of halogens is 1. The zero-order valence-corrected chi connectivity index (χ0v) is 23.4. The second-order valence-corrected chi connectivity index (χ2v) is 10.7. The number of hydrogen-bond donors (Lipinski definition) is 2. The Labute approximate surface area is 237 Å². The molecule has 1 saturated heterocycles. The Morgan fingerprint density at radius 1 is 1.12 bits per heavy atom. The number of hydrogen-bond acceptors (Lipinski definition) is 6. The Morgan fingerprint density at radius 3 is 2.55 bits per heavy atom. The van der Waals surface area contributed by atoms with Gasteiger partial charge in [0.1, 0.15) is 17.5 Å². The highest BCUT2D eigenvalue weighted by molar-refractivity contribution is 6.31. The van der Waals surface area contributed by atoms with Crippen LogP contribution in [0.4, 0.5) is 5.69 Å². The van der Waals surface area contributed by atoms with Gasteiger partial charge in [-0.25, -0.2) is 0 Å². The van der Waals surface area contributed by atoms with Crippen molar-refractivity contribution in [1.29, 1.82) is 0 Å². The van der Waals surface area contributed by atoms with E-state index in [1.807, 2.05) is 19.1 Å². The van der Waals surface area contributed by atoms with E-state index < -0.39 is 23.8 Å². The first kappa shape index (κ1) is 28.8. The average Bonchev–Trinajstić information content (AvgIpc) is 3.16. The standard InChI is InChI=1S/C30H31ClN4O5/c1-17-5-7-20(14-24(17)31)13-23(36)9-8-19-11-21(29(39)34(3)4)15-22(12-19)33-25-16-27(37)35(30(25)40)26-10-6-18(2)32-28(26)38/h5,7,11-12,14-16,26,33H,2,6,8-10,13H2,1,3-4H3,(H,32,38). The number of rotatable bonds is 9. The topological polar surface area (TPSA) is 116 Å². The molecule has 0 radical (unpaired) electrons. The molecule has 2 N–H and O–H groups in total. The summed E-state index contributed by atoms with van der Waals surface area (Å²) in [5, 5.41) is 6.16. The molecular weight excluding hydrogens is 532 g/mol. The van der Waals surface area contributed by atoms with Crippen LogP contribution in [0, 0.1) is 6.92 Å². The lowest BCUT2D eigenvalue weighted by Crippen LogP contribution is -2.52. The lowest BCUT2D eigenvalue weighted by atomic mass is 9.99. The van der Waals surface area contributed by atoms with E-state index in [0.717, 1.165) is 22.1 Å². The first-order valence-electron chi connectivity index (χ1n) is 12.9. The van der Waals surface area contributed by atoms with Gasteiger partial charge in [-0.1, -0.05) is 30.3 Å². The van der Waals surface area contributed by atoms with Gasteiger partial charge in [0.15, 0.2) is 0 Å². The summed E-state index contributed by atoms with van der Waals surface area (Å²) < 4.78 is 0. The third-order valence-electron chi connectivity index (χ3n) is 6.84. The van der Waals surface area contributed by atoms with Crippen LogP contribution in [0.1, 0.15) is 46.3 Å². The molecule has 1 unspecified atom stereocenters. The highest BCUT2D eigenvalue weighted by Gasteiger charge is 2.41. The van der Waals surface area contributed by atoms with Gasteiger partial charge in [-0.3, -0.25) is 28.9 Å². The van der Waals surface area contributed by atoms with Gasteiger partial charge in [-0.2, -0.15) is 0 Å². The van der Waals surface area contributed by atoms with Crippen molar-refractivity contribution in [3.8, 4) is 0 Å². The molecule has 0 aromatic heterocycles. The minimum Gasteiger partial charge on any atom is -0.351 e. The number of carbonyl (C=O) groups excluding carboxylic acids is 5. The zero-order valence-electron chi connectivity index (χ0n) is 22.7. The SMILES string of the molecule is C=C1CCC(N2C(=O)C=C(Nc3cc(CCC(=O)Cc4ccc(C)c(Cl)c4)cc(C(=O)N(C)C)c3)C2=O)C(=O)N1. The van der Waals surface area contributed by atoms with Crippen LogP contribution in [0.15, 0.2) is 60.4 Å². The van der Waals surface area contributed by atoms with E-state index in [9.17, 15) is 24.0 Å². The van der Waals surface area contributed by atoms with Crippen molar-refractivity contribution >= 4 is 46.7 Å². The summed E-state index contributed by atoms with van der Waals surface area (Å²) in [4.78, 5) is 66.1. The van der Waals surface area contributed by atoms with Crippen LogP contribution in [-0.2, 0) is 32.0 Å². The van der Waals surface area contributed by atoms with Gasteiger partial charge in [0.25, 0.3) is 17.7 Å². The molecule has 40 heavy (non-hydrogen) atoms. The van der Waals surface area contributed by atoms with Gasteiger partial charge in [-0.05, 0) is 67.1 Å². The van der Waals surface area contributed by atoms with Crippen molar-refractivity contribution in [3.05, 3.63) is 87.7 Å². The van der Waals surface area contributed by atoms with E-state index in [2.05, 4.69) is 17.2 Å². The number of aryl methyl sites for hydroxylation is 2. The Bertz CT molecular complexity index is 1460. The van der Waals surface area contributed by atoms with Crippen molar-refractivity contribution in [2.45, 2.75) is 45.1 Å². The Hall–Kier alpha value is -4.24. The predicted molar refractivity (Wildman–Crippen MR) is 152 cm³/mol. The van der Waals surface area contributed by atoms with E-state index in [-0.39, 0.29) is 30.2 Å². The lowest BCUT2D eigenvalue weighted by Gasteiger charge is -2.29. The summed E-state index contributed by atoms with van der Waals surface area (Å²) >= 11 is 6.19. The van der Waals surface area contributed by atoms with Gasteiger partial charge in [0.05, 0.1) is 0 Å². The molecule has 1 fully saturated rings. The number of imide groups is 1. The predicted octanol–water partition coefficient (Wildman–Crippen LogP) is 3.55. The van der Waals surface area contributed by atoms with Crippen molar-refractivity contribution in [1.82, 2.24) is 15.1 Å². The van der Waals surface area contributed by atoms with Crippen molar-refractivity contribution < 1.29 is 24.0 Å². The number of carbonyl (C=O) groups is 5. The average molecular weight is 563 g/mol. The number of nitrogens with one attached hydrogen (secondary N) is 2. The molecule has 1 atom stereocenters. The molecule has 2 aliphatic rings. The zero-order chi connectivity index (χ0) is 29.1. The normalized spacial score (nSPS) is 17.1. The molecular formula is C30H31ClN4O5. The molecule has 2 aliphatic heterocycles. The van der Waals surface area contributed by atoms with Crippen LogP contribution in [-0.4, -0.2) is 59.3 Å². The molecule has 208 valence electrons. The molecule has 4 amide bonds. The molecule has 9 nitrogen and oxygen atoms in total. The number of piperidine rings is 1. The van der Waals surface area contributed by atoms with Crippen molar-refractivity contribution in [3.63, 3.8) is 0 Å². The monoisotopic (exact) mass is 562 g/mol. The van der Waals surface area contributed by atoms with Crippen LogP contribution in [0.2, 0.25) is 5.02 Å². The first-order valence-corrected chi connectivity index (χ1v) is 13.3. The molecule has 4 rings (SSSR count). The number of nitrogens with zero attached hydrogens (tertiary/aromatic N) is 2. The number of benzene rings is 2. The molecule has 2 aromatic rings. The highest BCUT2D eigenvalue weighted by Crippen LogP contribution is 2.26. The van der Waals surface area contributed by atoms with Crippen LogP contribution < -0.4 is 10.6 Å². The molecule has 10 heteroatoms. The summed E-state index contributed by atoms with van der Waals surface area (Å²) in [5.74, 6) is -1.92. The Kier molecular flexibility index (Phi) is 8.54. The highest BCUT2D eigenvalue weighted by atomic mass is 35.5. The number of anilines is 1. The third kappa shape index (κ3) is 6.48. The van der Waals surface area contributed by atoms with Crippen LogP contribution >= 0.6 is 11.6 Å². The van der Waals surface area contributed by atoms with E-state index in [1.54, 1.807) is 38.4 Å². The quantitative estimate of drug-likeness (QED) is 0.452. The minimum absolute atomic E-state index is 0.00470. The smallest absolute Gasteiger partial charge is 0.278 e. The maximum atomic E-state index is 13.1. The number of ketones is 1. The summed E-state index contributed by atoms with van der Waals surface area (Å²) in [7, 11) is 3.25. The maximum absolute atomic E-state index is 13.1. The summed E-state index contributed by atoms with van der Waals surface area (Å²) in [5.41, 5.74) is 3.80. The summed E-state index contributed by atoms with van der Waals surface area (Å²) in [6, 6.07) is 9.65. The third-order valence-corrected chi connectivity index (χ3v) is 7.25. The molecule has 0 aliphatic carbocycles. The van der Waals surface area contributed by atoms with E-state index >= 15 is 0 Å². The maximum Gasteiger partial charge on any atom is 0.278 e. The summed E-state index contributed by atoms with van der Waals surface area (Å²) in [6.45, 7) is 5.62. The van der Waals surface area contributed by atoms with Gasteiger partial charge < -0.3 is 15.5 Å². The fourth-order valence-corrected chi connectivity index (χ4v) is 4.87. The van der Waals surface area contributed by atoms with E-state index in [4.69, 9.17) is 11.6 Å². The van der Waals surface area contributed by atoms with Gasteiger partial charge in [0.2, 0.25) is 5.91 Å². The van der Waals surface area contributed by atoms with Crippen LogP contribution in [0.25, 0.3) is 0 Å². The lowest BCUT2D eigenvalue weighted by molar-refractivity contribution is -0.146. The van der Waals surface area contributed by atoms with E-state index in [1.165, 1.54) is 4.90 Å². The van der Waals surface area contributed by atoms with Crippen LogP contribution in [0.3, 0.4) is 0 Å². The van der Waals surface area contributed by atoms with Gasteiger partial charge in [-0.15, -0.1) is 0 Å². The number of allylic oxidation sites excluding steroid dienone is 1. The minimum atomic E-state index is -0.923. The summed E-state index contributed by atoms with van der Waals surface area (Å²) in [6.07, 6.45) is 2.75. The number of amides is 4. The fraction of sp³-hybridized carbons (Fsp3) is 0.300.